The molecule has 0 amide bonds. The van der Waals surface area contributed by atoms with E-state index in [1.54, 1.807) is 0 Å². The lowest BCUT2D eigenvalue weighted by Gasteiger charge is -2.29. The largest absolute Gasteiger partial charge is 0.289 e. The van der Waals surface area contributed by atoms with Crippen LogP contribution < -0.4 is 5.32 Å². The second kappa shape index (κ2) is 5.51. The number of nitrogens with one attached hydrogen (secondary N) is 1. The molecule has 0 radical (unpaired) electrons. The van der Waals surface area contributed by atoms with Crippen molar-refractivity contribution in [1.29, 1.82) is 0 Å². The van der Waals surface area contributed by atoms with Crippen LogP contribution in [0.25, 0.3) is 0 Å². The van der Waals surface area contributed by atoms with Gasteiger partial charge in [0, 0.05) is 6.04 Å². The summed E-state index contributed by atoms with van der Waals surface area (Å²) in [6.45, 7) is 2.80. The Balaban J connectivity index is 2.11. The summed E-state index contributed by atoms with van der Waals surface area (Å²) < 4.78 is 0. The molecule has 1 aliphatic carbocycles. The molecule has 1 rings (SSSR count). The van der Waals surface area contributed by atoms with Crippen molar-refractivity contribution in [2.75, 3.05) is 13.8 Å². The maximum absolute atomic E-state index is 4.77. The quantitative estimate of drug-likeness (QED) is 0.304. The van der Waals surface area contributed by atoms with E-state index in [4.69, 9.17) is 4.89 Å². The molecule has 72 valence electrons. The molecule has 0 bridgehead atoms. The van der Waals surface area contributed by atoms with Crippen LogP contribution in [0.2, 0.25) is 0 Å². The molecule has 0 spiro atoms. The van der Waals surface area contributed by atoms with E-state index in [9.17, 15) is 0 Å². The van der Waals surface area contributed by atoms with Gasteiger partial charge in [0.25, 0.3) is 0 Å². The van der Waals surface area contributed by atoms with Crippen LogP contribution in [0, 0.1) is 5.92 Å². The van der Waals surface area contributed by atoms with E-state index in [1.165, 1.54) is 32.8 Å². The summed E-state index contributed by atoms with van der Waals surface area (Å²) in [6, 6.07) is 0.619. The summed E-state index contributed by atoms with van der Waals surface area (Å²) >= 11 is 0. The standard InChI is InChI=1S/C9H19NO2/c1-8-5-3-4-6-9(8)10-7-12-11-2/h8-10H,3-7H2,1-2H3. The minimum Gasteiger partial charge on any atom is -0.289 e. The molecule has 0 heterocycles. The van der Waals surface area contributed by atoms with Gasteiger partial charge in [-0.3, -0.25) is 5.32 Å². The normalized spacial score (nSPS) is 30.5. The van der Waals surface area contributed by atoms with E-state index in [0.29, 0.717) is 12.8 Å². The fraction of sp³-hybridized carbons (Fsp3) is 1.00. The van der Waals surface area contributed by atoms with Crippen LogP contribution in [-0.2, 0) is 9.78 Å². The van der Waals surface area contributed by atoms with Crippen LogP contribution in [0.4, 0.5) is 0 Å². The van der Waals surface area contributed by atoms with E-state index < -0.39 is 0 Å². The zero-order valence-corrected chi connectivity index (χ0v) is 8.01. The molecule has 1 N–H and O–H groups in total. The highest BCUT2D eigenvalue weighted by Gasteiger charge is 2.20. The van der Waals surface area contributed by atoms with Crippen molar-refractivity contribution in [3.63, 3.8) is 0 Å². The third-order valence-corrected chi connectivity index (χ3v) is 2.63. The molecule has 0 aromatic rings. The lowest BCUT2D eigenvalue weighted by molar-refractivity contribution is -0.278. The average Bonchev–Trinajstić information content (AvgIpc) is 2.09. The van der Waals surface area contributed by atoms with E-state index in [-0.39, 0.29) is 0 Å². The van der Waals surface area contributed by atoms with Crippen LogP contribution in [0.15, 0.2) is 0 Å². The van der Waals surface area contributed by atoms with Gasteiger partial charge in [-0.1, -0.05) is 19.8 Å². The fourth-order valence-electron chi connectivity index (χ4n) is 1.82. The maximum atomic E-state index is 4.77. The predicted molar refractivity (Wildman–Crippen MR) is 47.5 cm³/mol. The first-order valence-electron chi connectivity index (χ1n) is 4.73. The number of hydrogen-bond donors (Lipinski definition) is 1. The highest BCUT2D eigenvalue weighted by Crippen LogP contribution is 2.23. The molecule has 0 aromatic heterocycles. The van der Waals surface area contributed by atoms with Crippen molar-refractivity contribution in [2.24, 2.45) is 5.92 Å². The third kappa shape index (κ3) is 3.09. The highest BCUT2D eigenvalue weighted by atomic mass is 17.2. The zero-order valence-electron chi connectivity index (χ0n) is 8.01. The van der Waals surface area contributed by atoms with Crippen LogP contribution in [0.3, 0.4) is 0 Å². The summed E-state index contributed by atoms with van der Waals surface area (Å²) in [5.41, 5.74) is 0. The first kappa shape index (κ1) is 9.96. The molecule has 3 nitrogen and oxygen atoms in total. The lowest BCUT2D eigenvalue weighted by atomic mass is 9.86. The number of hydrogen-bond acceptors (Lipinski definition) is 3. The first-order chi connectivity index (χ1) is 5.84. The average molecular weight is 173 g/mol. The van der Waals surface area contributed by atoms with Gasteiger partial charge in [-0.15, -0.1) is 0 Å². The summed E-state index contributed by atoms with van der Waals surface area (Å²) in [5.74, 6) is 0.777. The molecular formula is C9H19NO2. The maximum Gasteiger partial charge on any atom is 0.133 e. The summed E-state index contributed by atoms with van der Waals surface area (Å²) in [7, 11) is 1.53. The van der Waals surface area contributed by atoms with E-state index in [0.717, 1.165) is 5.92 Å². The minimum absolute atomic E-state index is 0.505. The van der Waals surface area contributed by atoms with Crippen LogP contribution in [0.5, 0.6) is 0 Å². The minimum atomic E-state index is 0.505. The molecule has 1 aliphatic rings. The molecule has 2 unspecified atom stereocenters. The van der Waals surface area contributed by atoms with E-state index >= 15 is 0 Å². The molecular weight excluding hydrogens is 154 g/mol. The van der Waals surface area contributed by atoms with Crippen LogP contribution in [0.1, 0.15) is 32.6 Å². The Morgan fingerprint density at radius 1 is 1.33 bits per heavy atom. The van der Waals surface area contributed by atoms with Gasteiger partial charge in [0.2, 0.25) is 0 Å². The smallest absolute Gasteiger partial charge is 0.133 e. The second-order valence-electron chi connectivity index (χ2n) is 3.50. The summed E-state index contributed by atoms with van der Waals surface area (Å²) in [5, 5.41) is 3.33. The highest BCUT2D eigenvalue weighted by molar-refractivity contribution is 4.76. The summed E-state index contributed by atoms with van der Waals surface area (Å²) in [6.07, 6.45) is 5.33. The molecule has 1 fully saturated rings. The third-order valence-electron chi connectivity index (χ3n) is 2.63. The lowest BCUT2D eigenvalue weighted by Crippen LogP contribution is -2.38. The van der Waals surface area contributed by atoms with Gasteiger partial charge in [-0.2, -0.15) is 0 Å². The Morgan fingerprint density at radius 2 is 2.08 bits per heavy atom. The van der Waals surface area contributed by atoms with Crippen LogP contribution >= 0.6 is 0 Å². The Bertz CT molecular complexity index is 119. The first-order valence-corrected chi connectivity index (χ1v) is 4.73. The molecule has 0 saturated heterocycles. The van der Waals surface area contributed by atoms with Crippen molar-refractivity contribution in [1.82, 2.24) is 5.32 Å². The van der Waals surface area contributed by atoms with Crippen LogP contribution in [-0.4, -0.2) is 19.9 Å². The van der Waals surface area contributed by atoms with Crippen molar-refractivity contribution < 1.29 is 9.78 Å². The topological polar surface area (TPSA) is 30.5 Å². The van der Waals surface area contributed by atoms with E-state index in [2.05, 4.69) is 17.1 Å². The molecule has 2 atom stereocenters. The Hall–Kier alpha value is -0.120. The van der Waals surface area contributed by atoms with Gasteiger partial charge >= 0.3 is 0 Å². The molecule has 0 aromatic carbocycles. The molecule has 1 saturated carbocycles. The SMILES string of the molecule is COOCNC1CCCCC1C. The Labute approximate surface area is 74.4 Å². The summed E-state index contributed by atoms with van der Waals surface area (Å²) in [4.78, 5) is 9.28. The van der Waals surface area contributed by atoms with Crippen molar-refractivity contribution >= 4 is 0 Å². The van der Waals surface area contributed by atoms with Crippen molar-refractivity contribution in [2.45, 2.75) is 38.6 Å². The van der Waals surface area contributed by atoms with Gasteiger partial charge in [0.05, 0.1) is 7.11 Å². The second-order valence-corrected chi connectivity index (χ2v) is 3.50. The fourth-order valence-corrected chi connectivity index (χ4v) is 1.82. The Morgan fingerprint density at radius 3 is 2.75 bits per heavy atom. The predicted octanol–water partition coefficient (Wildman–Crippen LogP) is 1.69. The zero-order chi connectivity index (χ0) is 8.81. The van der Waals surface area contributed by atoms with E-state index in [1.807, 2.05) is 0 Å². The monoisotopic (exact) mass is 173 g/mol. The number of rotatable bonds is 4. The van der Waals surface area contributed by atoms with Crippen molar-refractivity contribution in [3.8, 4) is 0 Å². The molecule has 0 aliphatic heterocycles. The van der Waals surface area contributed by atoms with Gasteiger partial charge in [0.15, 0.2) is 0 Å². The van der Waals surface area contributed by atoms with Gasteiger partial charge < -0.3 is 0 Å². The van der Waals surface area contributed by atoms with Crippen molar-refractivity contribution in [3.05, 3.63) is 0 Å². The van der Waals surface area contributed by atoms with Gasteiger partial charge in [-0.25, -0.2) is 9.78 Å². The molecule has 12 heavy (non-hydrogen) atoms. The van der Waals surface area contributed by atoms with Gasteiger partial charge in [0.1, 0.15) is 6.73 Å². The molecule has 3 heteroatoms. The Kier molecular flexibility index (Phi) is 4.58. The van der Waals surface area contributed by atoms with Gasteiger partial charge in [-0.05, 0) is 18.8 Å².